The highest BCUT2D eigenvalue weighted by Gasteiger charge is 1.70. The first-order chi connectivity index (χ1) is 5.56. The molecular formula is C8H18O4. The van der Waals surface area contributed by atoms with Gasteiger partial charge in [-0.05, 0) is 13.3 Å². The zero-order chi connectivity index (χ0) is 10.4. The third-order valence-electron chi connectivity index (χ3n) is 0.316. The van der Waals surface area contributed by atoms with E-state index in [-0.39, 0.29) is 13.2 Å². The molecule has 0 spiro atoms. The van der Waals surface area contributed by atoms with Gasteiger partial charge in [-0.3, -0.25) is 4.79 Å². The Morgan fingerprint density at radius 3 is 1.58 bits per heavy atom. The van der Waals surface area contributed by atoms with Crippen LogP contribution in [0.15, 0.2) is 12.7 Å². The molecule has 0 aromatic heterocycles. The molecule has 0 saturated carbocycles. The first kappa shape index (κ1) is 17.3. The van der Waals surface area contributed by atoms with Gasteiger partial charge in [-0.2, -0.15) is 0 Å². The average molecular weight is 178 g/mol. The van der Waals surface area contributed by atoms with Crippen LogP contribution in [0.4, 0.5) is 0 Å². The number of hydrogen-bond donors (Lipinski definition) is 3. The number of carboxylic acid groups (broad SMARTS) is 1. The van der Waals surface area contributed by atoms with Crippen LogP contribution < -0.4 is 0 Å². The molecule has 0 rings (SSSR count). The highest BCUT2D eigenvalue weighted by Crippen LogP contribution is 1.65. The molecule has 0 aliphatic carbocycles. The van der Waals surface area contributed by atoms with Gasteiger partial charge in [0.15, 0.2) is 0 Å². The first-order valence-electron chi connectivity index (χ1n) is 3.55. The lowest BCUT2D eigenvalue weighted by atomic mass is 10.5. The Morgan fingerprint density at radius 2 is 1.58 bits per heavy atom. The summed E-state index contributed by atoms with van der Waals surface area (Å²) in [6, 6.07) is 0. The van der Waals surface area contributed by atoms with Crippen LogP contribution in [0.3, 0.4) is 0 Å². The number of aliphatic carboxylic acids is 1. The van der Waals surface area contributed by atoms with Gasteiger partial charge in [0.25, 0.3) is 5.97 Å². The molecule has 0 aliphatic heterocycles. The third kappa shape index (κ3) is 473. The van der Waals surface area contributed by atoms with E-state index in [1.54, 1.807) is 6.08 Å². The molecule has 0 heterocycles. The Balaban J connectivity index is -0.000000105. The molecule has 0 bridgehead atoms. The van der Waals surface area contributed by atoms with Crippen molar-refractivity contribution in [1.29, 1.82) is 0 Å². The maximum atomic E-state index is 9.00. The summed E-state index contributed by atoms with van der Waals surface area (Å²) in [7, 11) is 0. The Morgan fingerprint density at radius 1 is 1.42 bits per heavy atom. The molecule has 0 amide bonds. The molecule has 0 atom stereocenters. The van der Waals surface area contributed by atoms with Crippen LogP contribution >= 0.6 is 0 Å². The van der Waals surface area contributed by atoms with Gasteiger partial charge < -0.3 is 15.3 Å². The quantitative estimate of drug-likeness (QED) is 0.542. The summed E-state index contributed by atoms with van der Waals surface area (Å²) < 4.78 is 0. The number of allylic oxidation sites excluding steroid dienone is 1. The van der Waals surface area contributed by atoms with E-state index in [2.05, 4.69) is 6.58 Å². The van der Waals surface area contributed by atoms with Gasteiger partial charge in [0.05, 0.1) is 0 Å². The van der Waals surface area contributed by atoms with Crippen molar-refractivity contribution < 1.29 is 20.1 Å². The van der Waals surface area contributed by atoms with Gasteiger partial charge in [-0.15, -0.1) is 6.58 Å². The smallest absolute Gasteiger partial charge is 0.300 e. The van der Waals surface area contributed by atoms with Crippen LogP contribution in [0.5, 0.6) is 0 Å². The summed E-state index contributed by atoms with van der Waals surface area (Å²) in [5, 5.41) is 23.2. The summed E-state index contributed by atoms with van der Waals surface area (Å²) in [6.07, 6.45) is 2.25. The predicted octanol–water partition coefficient (Wildman–Crippen LogP) is 0.644. The number of carboxylic acids is 1. The summed E-state index contributed by atoms with van der Waals surface area (Å²) in [4.78, 5) is 9.00. The maximum Gasteiger partial charge on any atom is 0.300 e. The molecule has 0 aromatic carbocycles. The van der Waals surface area contributed by atoms with Crippen molar-refractivity contribution in [3.05, 3.63) is 12.7 Å². The normalized spacial score (nSPS) is 6.67. The Bertz CT molecular complexity index is 85.1. The van der Waals surface area contributed by atoms with Gasteiger partial charge in [-0.25, -0.2) is 0 Å². The molecule has 0 aliphatic rings. The summed E-state index contributed by atoms with van der Waals surface area (Å²) in [5.74, 6) is -0.833. The van der Waals surface area contributed by atoms with Crippen molar-refractivity contribution in [2.75, 3.05) is 13.2 Å². The first-order valence-corrected chi connectivity index (χ1v) is 3.55. The fourth-order valence-electron chi connectivity index (χ4n) is 0.0707. The molecule has 74 valence electrons. The van der Waals surface area contributed by atoms with Crippen LogP contribution in [0.2, 0.25) is 0 Å². The van der Waals surface area contributed by atoms with E-state index in [0.717, 1.165) is 6.92 Å². The molecule has 0 radical (unpaired) electrons. The van der Waals surface area contributed by atoms with Crippen LogP contribution in [0, 0.1) is 0 Å². The van der Waals surface area contributed by atoms with Gasteiger partial charge in [0.2, 0.25) is 0 Å². The van der Waals surface area contributed by atoms with Gasteiger partial charge >= 0.3 is 0 Å². The Kier molecular flexibility index (Phi) is 32.4. The topological polar surface area (TPSA) is 77.8 Å². The third-order valence-corrected chi connectivity index (χ3v) is 0.316. The summed E-state index contributed by atoms with van der Waals surface area (Å²) in [6.45, 7) is 6.52. The molecular weight excluding hydrogens is 160 g/mol. The van der Waals surface area contributed by atoms with Crippen molar-refractivity contribution >= 4 is 5.97 Å². The Labute approximate surface area is 73.2 Å². The molecule has 0 unspecified atom stereocenters. The van der Waals surface area contributed by atoms with Gasteiger partial charge in [-0.1, -0.05) is 6.08 Å². The van der Waals surface area contributed by atoms with Crippen LogP contribution in [0.1, 0.15) is 20.3 Å². The predicted molar refractivity (Wildman–Crippen MR) is 48.0 cm³/mol. The number of rotatable bonds is 2. The minimum Gasteiger partial charge on any atom is -0.481 e. The zero-order valence-corrected chi connectivity index (χ0v) is 7.66. The number of hydrogen-bond acceptors (Lipinski definition) is 3. The van der Waals surface area contributed by atoms with Crippen molar-refractivity contribution in [3.8, 4) is 0 Å². The van der Waals surface area contributed by atoms with E-state index in [1.165, 1.54) is 0 Å². The lowest BCUT2D eigenvalue weighted by molar-refractivity contribution is -0.134. The molecule has 12 heavy (non-hydrogen) atoms. The number of aliphatic hydroxyl groups is 2. The minimum atomic E-state index is -0.833. The lowest BCUT2D eigenvalue weighted by Gasteiger charge is -1.79. The highest BCUT2D eigenvalue weighted by molar-refractivity contribution is 5.62. The largest absolute Gasteiger partial charge is 0.481 e. The fourth-order valence-corrected chi connectivity index (χ4v) is 0.0707. The molecule has 4 nitrogen and oxygen atoms in total. The average Bonchev–Trinajstić information content (AvgIpc) is 1.89. The molecule has 0 aromatic rings. The van der Waals surface area contributed by atoms with E-state index in [9.17, 15) is 0 Å². The fraction of sp³-hybridized carbons (Fsp3) is 0.625. The standard InChI is InChI=1S/C3H8O2.C3H6.C2H4O2/c4-2-1-3-5;1-3-2;1-2(3)4/h4-5H,1-3H2;3H,1H2,2H3;1H3,(H,3,4). The van der Waals surface area contributed by atoms with E-state index < -0.39 is 5.97 Å². The van der Waals surface area contributed by atoms with Gasteiger partial charge in [0, 0.05) is 20.1 Å². The van der Waals surface area contributed by atoms with Crippen LogP contribution in [0.25, 0.3) is 0 Å². The summed E-state index contributed by atoms with van der Waals surface area (Å²) in [5.41, 5.74) is 0. The molecule has 3 N–H and O–H groups in total. The van der Waals surface area contributed by atoms with Crippen molar-refractivity contribution in [2.45, 2.75) is 20.3 Å². The highest BCUT2D eigenvalue weighted by atomic mass is 16.4. The monoisotopic (exact) mass is 178 g/mol. The maximum absolute atomic E-state index is 9.00. The van der Waals surface area contributed by atoms with Crippen LogP contribution in [-0.4, -0.2) is 34.5 Å². The Hall–Kier alpha value is -0.870. The van der Waals surface area contributed by atoms with E-state index in [4.69, 9.17) is 20.1 Å². The van der Waals surface area contributed by atoms with Crippen molar-refractivity contribution in [1.82, 2.24) is 0 Å². The molecule has 0 saturated heterocycles. The second-order valence-electron chi connectivity index (χ2n) is 1.73. The van der Waals surface area contributed by atoms with E-state index in [1.807, 2.05) is 6.92 Å². The van der Waals surface area contributed by atoms with Crippen molar-refractivity contribution in [3.63, 3.8) is 0 Å². The molecule has 4 heteroatoms. The second-order valence-corrected chi connectivity index (χ2v) is 1.73. The number of carbonyl (C=O) groups is 1. The van der Waals surface area contributed by atoms with E-state index >= 15 is 0 Å². The minimum absolute atomic E-state index is 0.0938. The lowest BCUT2D eigenvalue weighted by Crippen LogP contribution is -1.85. The second kappa shape index (κ2) is 22.5. The summed E-state index contributed by atoms with van der Waals surface area (Å²) >= 11 is 0. The van der Waals surface area contributed by atoms with E-state index in [0.29, 0.717) is 6.42 Å². The molecule has 0 fully saturated rings. The number of aliphatic hydroxyl groups excluding tert-OH is 2. The zero-order valence-electron chi connectivity index (χ0n) is 7.66. The van der Waals surface area contributed by atoms with Crippen LogP contribution in [-0.2, 0) is 4.79 Å². The SMILES string of the molecule is C=CC.CC(=O)O.OCCCO. The van der Waals surface area contributed by atoms with Crippen molar-refractivity contribution in [2.24, 2.45) is 0 Å². The van der Waals surface area contributed by atoms with Gasteiger partial charge in [0.1, 0.15) is 0 Å².